The molecule has 0 heterocycles. The highest BCUT2D eigenvalue weighted by Crippen LogP contribution is 2.28. The van der Waals surface area contributed by atoms with Gasteiger partial charge in [0.05, 0.1) is 0 Å². The molecule has 0 bridgehead atoms. The quantitative estimate of drug-likeness (QED) is 0.0528. The van der Waals surface area contributed by atoms with Crippen LogP contribution in [0.4, 0.5) is 0 Å². The number of nitrogens with zero attached hydrogens (tertiary/aromatic N) is 1. The zero-order valence-electron chi connectivity index (χ0n) is 23.0. The molecule has 0 aromatic rings. The first-order valence-electron chi connectivity index (χ1n) is 13.3. The molecule has 1 saturated carbocycles. The normalized spacial score (nSPS) is 16.6. The zero-order valence-corrected chi connectivity index (χ0v) is 23.0. The van der Waals surface area contributed by atoms with Crippen LogP contribution in [0.5, 0.6) is 0 Å². The van der Waals surface area contributed by atoms with E-state index in [9.17, 15) is 24.0 Å². The van der Waals surface area contributed by atoms with Crippen molar-refractivity contribution in [2.24, 2.45) is 28.1 Å². The summed E-state index contributed by atoms with van der Waals surface area (Å²) in [6, 6.07) is -3.07. The van der Waals surface area contributed by atoms with E-state index in [-0.39, 0.29) is 37.2 Å². The van der Waals surface area contributed by atoms with E-state index >= 15 is 0 Å². The smallest absolute Gasteiger partial charge is 0.336 e. The Bertz CT molecular complexity index is 866. The monoisotopic (exact) mass is 539 g/mol. The molecule has 0 radical (unpaired) electrons. The number of esters is 2. The average molecular weight is 540 g/mol. The van der Waals surface area contributed by atoms with E-state index in [1.165, 1.54) is 6.92 Å². The topological polar surface area (TPSA) is 221 Å². The van der Waals surface area contributed by atoms with E-state index in [4.69, 9.17) is 21.9 Å². The van der Waals surface area contributed by atoms with Crippen molar-refractivity contribution in [3.8, 4) is 0 Å². The lowest BCUT2D eigenvalue weighted by Crippen LogP contribution is -2.56. The molecular formula is C25H45N7O6. The summed E-state index contributed by atoms with van der Waals surface area (Å²) < 4.78 is 4.94. The van der Waals surface area contributed by atoms with Crippen LogP contribution in [0.3, 0.4) is 0 Å². The maximum atomic E-state index is 13.1. The Morgan fingerprint density at radius 1 is 0.947 bits per heavy atom. The summed E-state index contributed by atoms with van der Waals surface area (Å²) in [6.07, 6.45) is 4.15. The van der Waals surface area contributed by atoms with Gasteiger partial charge in [0.2, 0.25) is 17.7 Å². The lowest BCUT2D eigenvalue weighted by atomic mass is 10.00. The van der Waals surface area contributed by atoms with Crippen LogP contribution in [0.1, 0.15) is 85.5 Å². The third-order valence-electron chi connectivity index (χ3n) is 6.22. The van der Waals surface area contributed by atoms with Crippen LogP contribution < -0.4 is 33.2 Å². The summed E-state index contributed by atoms with van der Waals surface area (Å²) >= 11 is 0. The molecule has 9 N–H and O–H groups in total. The van der Waals surface area contributed by atoms with Crippen LogP contribution in [0.15, 0.2) is 4.99 Å². The Labute approximate surface area is 224 Å². The maximum Gasteiger partial charge on any atom is 0.336 e. The van der Waals surface area contributed by atoms with Crippen LogP contribution >= 0.6 is 0 Å². The Morgan fingerprint density at radius 2 is 1.55 bits per heavy atom. The summed E-state index contributed by atoms with van der Waals surface area (Å²) in [5, 5.41) is 7.89. The molecule has 0 aromatic heterocycles. The Balaban J connectivity index is 2.91. The van der Waals surface area contributed by atoms with E-state index in [1.807, 2.05) is 20.8 Å². The molecule has 0 unspecified atom stereocenters. The fraction of sp³-hybridized carbons (Fsp3) is 0.760. The summed E-state index contributed by atoms with van der Waals surface area (Å²) in [5.74, 6) is -3.22. The van der Waals surface area contributed by atoms with Crippen LogP contribution in [-0.4, -0.2) is 65.8 Å². The molecule has 1 fully saturated rings. The Kier molecular flexibility index (Phi) is 13.7. The van der Waals surface area contributed by atoms with Crippen molar-refractivity contribution in [2.45, 2.75) is 109 Å². The number of amides is 3. The number of rotatable bonds is 15. The number of hydrogen-bond donors (Lipinski definition) is 6. The van der Waals surface area contributed by atoms with E-state index in [2.05, 4.69) is 20.9 Å². The highest BCUT2D eigenvalue weighted by Gasteiger charge is 2.40. The molecule has 13 nitrogen and oxygen atoms in total. The first-order chi connectivity index (χ1) is 17.8. The zero-order chi connectivity index (χ0) is 28.9. The predicted octanol–water partition coefficient (Wildman–Crippen LogP) is -0.298. The van der Waals surface area contributed by atoms with Gasteiger partial charge < -0.3 is 37.9 Å². The van der Waals surface area contributed by atoms with Crippen molar-refractivity contribution < 1.29 is 28.7 Å². The van der Waals surface area contributed by atoms with Crippen LogP contribution in [-0.2, 0) is 28.7 Å². The summed E-state index contributed by atoms with van der Waals surface area (Å²) in [6.45, 7) is 7.27. The first-order valence-corrected chi connectivity index (χ1v) is 13.3. The molecule has 1 aliphatic carbocycles. The Morgan fingerprint density at radius 3 is 2.11 bits per heavy atom. The van der Waals surface area contributed by atoms with Gasteiger partial charge in [0, 0.05) is 13.0 Å². The van der Waals surface area contributed by atoms with Gasteiger partial charge in [-0.2, -0.15) is 0 Å². The number of nitrogens with one attached hydrogen (secondary N) is 3. The van der Waals surface area contributed by atoms with Gasteiger partial charge in [0.25, 0.3) is 0 Å². The predicted molar refractivity (Wildman–Crippen MR) is 142 cm³/mol. The molecule has 13 heteroatoms. The van der Waals surface area contributed by atoms with Crippen molar-refractivity contribution >= 4 is 35.6 Å². The number of carbonyl (C=O) groups is 5. The van der Waals surface area contributed by atoms with Gasteiger partial charge in [-0.05, 0) is 51.4 Å². The van der Waals surface area contributed by atoms with E-state index in [0.717, 1.165) is 12.8 Å². The number of guanidine groups is 1. The molecular weight excluding hydrogens is 494 g/mol. The number of nitrogens with two attached hydrogens (primary N) is 3. The Hall–Kier alpha value is -3.22. The largest absolute Gasteiger partial charge is 0.390 e. The second-order valence-corrected chi connectivity index (χ2v) is 10.3. The third-order valence-corrected chi connectivity index (χ3v) is 6.22. The van der Waals surface area contributed by atoms with Gasteiger partial charge in [-0.3, -0.25) is 19.4 Å². The molecule has 0 spiro atoms. The number of aliphatic imine (C=N–C) groups is 1. The molecule has 3 amide bonds. The van der Waals surface area contributed by atoms with Crippen LogP contribution in [0.2, 0.25) is 0 Å². The first kappa shape index (κ1) is 32.8. The standard InChI is InChI=1S/C25H45N7O6/c1-5-9-19(33)31-18(14-15(2)3)21(35)32-17(10-8-13-29-24(26)27)20(34)30-16(4)22(36)38-23(37)25(28)11-6-7-12-25/h15-18H,5-14,28H2,1-4H3,(H,30,34)(H,31,33)(H,32,35)(H4,26,27,29)/t16-,17-,18-/m0/s1. The van der Waals surface area contributed by atoms with Crippen molar-refractivity contribution in [2.75, 3.05) is 6.54 Å². The summed E-state index contributed by atoms with van der Waals surface area (Å²) in [4.78, 5) is 67.1. The third kappa shape index (κ3) is 11.4. The van der Waals surface area contributed by atoms with E-state index in [1.54, 1.807) is 0 Å². The molecule has 1 rings (SSSR count). The fourth-order valence-electron chi connectivity index (χ4n) is 4.11. The lowest BCUT2D eigenvalue weighted by molar-refractivity contribution is -0.165. The maximum absolute atomic E-state index is 13.1. The van der Waals surface area contributed by atoms with Crippen LogP contribution in [0, 0.1) is 5.92 Å². The summed E-state index contributed by atoms with van der Waals surface area (Å²) in [5.41, 5.74) is 15.5. The molecule has 0 saturated heterocycles. The second kappa shape index (κ2) is 15.9. The molecule has 1 aliphatic rings. The SMILES string of the molecule is CCCC(=O)N[C@@H](CC(C)C)C(=O)N[C@@H](CCCN=C(N)N)C(=O)N[C@@H](C)C(=O)OC(=O)C1(N)CCCC1. The average Bonchev–Trinajstić information content (AvgIpc) is 3.27. The van der Waals surface area contributed by atoms with E-state index < -0.39 is 47.4 Å². The highest BCUT2D eigenvalue weighted by atomic mass is 16.6. The minimum atomic E-state index is -1.20. The van der Waals surface area contributed by atoms with Crippen molar-refractivity contribution in [3.63, 3.8) is 0 Å². The second-order valence-electron chi connectivity index (χ2n) is 10.3. The number of hydrogen-bond acceptors (Lipinski definition) is 8. The van der Waals surface area contributed by atoms with Gasteiger partial charge in [0.1, 0.15) is 23.7 Å². The van der Waals surface area contributed by atoms with Gasteiger partial charge in [-0.25, -0.2) is 9.59 Å². The molecule has 0 aliphatic heterocycles. The minimum Gasteiger partial charge on any atom is -0.390 e. The van der Waals surface area contributed by atoms with Gasteiger partial charge in [-0.1, -0.05) is 33.6 Å². The number of carbonyl (C=O) groups excluding carboxylic acids is 5. The number of ether oxygens (including phenoxy) is 1. The lowest BCUT2D eigenvalue weighted by Gasteiger charge is -2.25. The van der Waals surface area contributed by atoms with E-state index in [0.29, 0.717) is 32.1 Å². The van der Waals surface area contributed by atoms with Gasteiger partial charge >= 0.3 is 11.9 Å². The van der Waals surface area contributed by atoms with Crippen molar-refractivity contribution in [1.82, 2.24) is 16.0 Å². The fourth-order valence-corrected chi connectivity index (χ4v) is 4.11. The minimum absolute atomic E-state index is 0.0971. The molecule has 0 aromatic carbocycles. The van der Waals surface area contributed by atoms with Crippen molar-refractivity contribution in [1.29, 1.82) is 0 Å². The molecule has 216 valence electrons. The molecule has 3 atom stereocenters. The highest BCUT2D eigenvalue weighted by molar-refractivity contribution is 5.96. The van der Waals surface area contributed by atoms with Crippen molar-refractivity contribution in [3.05, 3.63) is 0 Å². The van der Waals surface area contributed by atoms with Crippen LogP contribution in [0.25, 0.3) is 0 Å². The van der Waals surface area contributed by atoms with Gasteiger partial charge in [-0.15, -0.1) is 0 Å². The summed E-state index contributed by atoms with van der Waals surface area (Å²) in [7, 11) is 0. The molecule has 38 heavy (non-hydrogen) atoms. The van der Waals surface area contributed by atoms with Gasteiger partial charge in [0.15, 0.2) is 5.96 Å².